The first-order valence-corrected chi connectivity index (χ1v) is 10.4. The minimum Gasteiger partial charge on any atom is -0.324 e. The van der Waals surface area contributed by atoms with E-state index in [0.717, 1.165) is 11.6 Å². The Labute approximate surface area is 168 Å². The molecule has 6 nitrogen and oxygen atoms in total. The fourth-order valence-corrected chi connectivity index (χ4v) is 3.74. The van der Waals surface area contributed by atoms with Crippen molar-refractivity contribution in [1.29, 1.82) is 5.26 Å². The highest BCUT2D eigenvalue weighted by Crippen LogP contribution is 2.26. The molecule has 9 heteroatoms. The fourth-order valence-electron chi connectivity index (χ4n) is 2.86. The Kier molecular flexibility index (Phi) is 7.42. The van der Waals surface area contributed by atoms with Crippen molar-refractivity contribution in [2.75, 3.05) is 18.4 Å². The normalized spacial score (nSPS) is 12.6. The van der Waals surface area contributed by atoms with Crippen LogP contribution in [-0.2, 0) is 14.6 Å². The van der Waals surface area contributed by atoms with Gasteiger partial charge in [-0.25, -0.2) is 8.42 Å². The number of benzene rings is 2. The lowest BCUT2D eigenvalue weighted by Gasteiger charge is -2.27. The number of alkyl halides is 2. The Morgan fingerprint density at radius 3 is 2.34 bits per heavy atom. The van der Waals surface area contributed by atoms with Crippen molar-refractivity contribution in [3.05, 3.63) is 59.7 Å². The van der Waals surface area contributed by atoms with Crippen LogP contribution in [0.15, 0.2) is 53.4 Å². The third-order valence-electron chi connectivity index (χ3n) is 4.53. The lowest BCUT2D eigenvalue weighted by Crippen LogP contribution is -2.35. The minimum absolute atomic E-state index is 0.0687. The zero-order valence-electron chi connectivity index (χ0n) is 16.0. The van der Waals surface area contributed by atoms with Gasteiger partial charge in [-0.15, -0.1) is 0 Å². The molecule has 1 atom stereocenters. The van der Waals surface area contributed by atoms with Crippen molar-refractivity contribution in [1.82, 2.24) is 4.90 Å². The molecule has 0 bridgehead atoms. The molecule has 2 aromatic rings. The lowest BCUT2D eigenvalue weighted by molar-refractivity contribution is -0.117. The van der Waals surface area contributed by atoms with Crippen LogP contribution in [0.25, 0.3) is 0 Å². The molecule has 0 saturated heterocycles. The average Bonchev–Trinajstić information content (AvgIpc) is 2.71. The van der Waals surface area contributed by atoms with Gasteiger partial charge in [0.05, 0.1) is 28.8 Å². The number of carbonyl (C=O) groups is 1. The van der Waals surface area contributed by atoms with Gasteiger partial charge in [-0.1, -0.05) is 31.2 Å². The molecule has 1 unspecified atom stereocenters. The maximum Gasteiger partial charge on any atom is 0.341 e. The molecule has 2 rings (SSSR count). The average molecular weight is 421 g/mol. The van der Waals surface area contributed by atoms with E-state index < -0.39 is 26.4 Å². The summed E-state index contributed by atoms with van der Waals surface area (Å²) in [6.45, 7) is 4.21. The second-order valence-electron chi connectivity index (χ2n) is 6.32. The first-order valence-electron chi connectivity index (χ1n) is 8.85. The second kappa shape index (κ2) is 9.58. The number of amides is 1. The number of halogens is 2. The molecule has 0 aromatic heterocycles. The maximum absolute atomic E-state index is 12.9. The van der Waals surface area contributed by atoms with Crippen molar-refractivity contribution < 1.29 is 22.0 Å². The van der Waals surface area contributed by atoms with Crippen LogP contribution in [0.3, 0.4) is 0 Å². The highest BCUT2D eigenvalue weighted by Gasteiger charge is 2.29. The summed E-state index contributed by atoms with van der Waals surface area (Å²) in [6.07, 6.45) is 0. The Morgan fingerprint density at radius 2 is 1.79 bits per heavy atom. The van der Waals surface area contributed by atoms with Gasteiger partial charge < -0.3 is 5.32 Å². The van der Waals surface area contributed by atoms with E-state index in [4.69, 9.17) is 5.26 Å². The van der Waals surface area contributed by atoms with Gasteiger partial charge in [0.2, 0.25) is 15.7 Å². The quantitative estimate of drug-likeness (QED) is 0.704. The summed E-state index contributed by atoms with van der Waals surface area (Å²) in [5.74, 6) is -4.10. The van der Waals surface area contributed by atoms with Crippen LogP contribution in [-0.4, -0.2) is 38.1 Å². The summed E-state index contributed by atoms with van der Waals surface area (Å²) in [4.78, 5) is 13.7. The van der Waals surface area contributed by atoms with Gasteiger partial charge in [0, 0.05) is 6.04 Å². The first-order chi connectivity index (χ1) is 13.7. The van der Waals surface area contributed by atoms with E-state index in [-0.39, 0.29) is 18.3 Å². The summed E-state index contributed by atoms with van der Waals surface area (Å²) in [7, 11) is -4.84. The van der Waals surface area contributed by atoms with E-state index in [9.17, 15) is 22.0 Å². The predicted octanol–water partition coefficient (Wildman–Crippen LogP) is 3.58. The molecular weight excluding hydrogens is 400 g/mol. The molecule has 0 saturated carbocycles. The van der Waals surface area contributed by atoms with E-state index in [1.165, 1.54) is 18.2 Å². The van der Waals surface area contributed by atoms with Crippen LogP contribution in [0.1, 0.15) is 31.0 Å². The third kappa shape index (κ3) is 5.37. The number of nitriles is 1. The Bertz CT molecular complexity index is 1000. The van der Waals surface area contributed by atoms with Crippen molar-refractivity contribution >= 4 is 21.4 Å². The zero-order valence-corrected chi connectivity index (χ0v) is 16.8. The number of carbonyl (C=O) groups excluding carboxylic acids is 1. The van der Waals surface area contributed by atoms with E-state index in [2.05, 4.69) is 5.32 Å². The van der Waals surface area contributed by atoms with Crippen LogP contribution in [0, 0.1) is 11.3 Å². The van der Waals surface area contributed by atoms with Crippen molar-refractivity contribution in [2.45, 2.75) is 30.5 Å². The van der Waals surface area contributed by atoms with Crippen molar-refractivity contribution in [3.63, 3.8) is 0 Å². The number of para-hydroxylation sites is 1. The first kappa shape index (κ1) is 22.5. The topological polar surface area (TPSA) is 90.3 Å². The fraction of sp³-hybridized carbons (Fsp3) is 0.300. The monoisotopic (exact) mass is 421 g/mol. The van der Waals surface area contributed by atoms with Crippen LogP contribution in [0.5, 0.6) is 0 Å². The van der Waals surface area contributed by atoms with Gasteiger partial charge >= 0.3 is 5.76 Å². The van der Waals surface area contributed by atoms with Crippen LogP contribution in [0.2, 0.25) is 0 Å². The van der Waals surface area contributed by atoms with Gasteiger partial charge in [0.15, 0.2) is 0 Å². The van der Waals surface area contributed by atoms with Gasteiger partial charge in [0.25, 0.3) is 0 Å². The molecule has 0 spiro atoms. The predicted molar refractivity (Wildman–Crippen MR) is 105 cm³/mol. The highest BCUT2D eigenvalue weighted by atomic mass is 32.2. The molecule has 0 aliphatic carbocycles. The van der Waals surface area contributed by atoms with Gasteiger partial charge in [-0.3, -0.25) is 9.69 Å². The summed E-state index contributed by atoms with van der Waals surface area (Å²) in [5.41, 5.74) is 1.25. The van der Waals surface area contributed by atoms with Crippen LogP contribution >= 0.6 is 0 Å². The number of nitrogens with zero attached hydrogens (tertiary/aromatic N) is 2. The number of likely N-dealkylation sites (N-methyl/N-ethyl adjacent to an activating group) is 1. The van der Waals surface area contributed by atoms with Crippen molar-refractivity contribution in [2.24, 2.45) is 0 Å². The standard InChI is InChI=1S/C20H21F2N3O3S/c1-3-25(14(2)16-10-8-15(12-23)9-11-16)13-19(26)24-17-6-4-5-7-18(17)29(27,28)20(21)22/h4-11,14,20H,3,13H2,1-2H3,(H,24,26). The molecule has 0 radical (unpaired) electrons. The molecule has 0 aliphatic rings. The molecule has 29 heavy (non-hydrogen) atoms. The molecule has 154 valence electrons. The Hall–Kier alpha value is -2.83. The molecule has 0 heterocycles. The Balaban J connectivity index is 2.16. The third-order valence-corrected chi connectivity index (χ3v) is 5.96. The molecule has 1 N–H and O–H groups in total. The number of hydrogen-bond donors (Lipinski definition) is 1. The number of anilines is 1. The molecular formula is C20H21F2N3O3S. The van der Waals surface area contributed by atoms with Crippen LogP contribution in [0.4, 0.5) is 14.5 Å². The van der Waals surface area contributed by atoms with E-state index >= 15 is 0 Å². The summed E-state index contributed by atoms with van der Waals surface area (Å²) in [6, 6.07) is 13.9. The second-order valence-corrected chi connectivity index (χ2v) is 8.21. The zero-order chi connectivity index (χ0) is 21.6. The number of rotatable bonds is 8. The van der Waals surface area contributed by atoms with Gasteiger partial charge in [0.1, 0.15) is 0 Å². The molecule has 0 aliphatic heterocycles. The highest BCUT2D eigenvalue weighted by molar-refractivity contribution is 7.91. The van der Waals surface area contributed by atoms with Gasteiger partial charge in [-0.05, 0) is 43.3 Å². The molecule has 0 fully saturated rings. The van der Waals surface area contributed by atoms with Crippen LogP contribution < -0.4 is 5.32 Å². The SMILES string of the molecule is CCN(CC(=O)Nc1ccccc1S(=O)(=O)C(F)F)C(C)c1ccc(C#N)cc1. The lowest BCUT2D eigenvalue weighted by atomic mass is 10.0. The van der Waals surface area contributed by atoms with Gasteiger partial charge in [-0.2, -0.15) is 14.0 Å². The van der Waals surface area contributed by atoms with Crippen molar-refractivity contribution in [3.8, 4) is 6.07 Å². The Morgan fingerprint density at radius 1 is 1.17 bits per heavy atom. The minimum atomic E-state index is -4.84. The smallest absolute Gasteiger partial charge is 0.324 e. The number of sulfone groups is 1. The van der Waals surface area contributed by atoms with E-state index in [0.29, 0.717) is 12.1 Å². The number of hydrogen-bond acceptors (Lipinski definition) is 5. The molecule has 2 aromatic carbocycles. The molecule has 1 amide bonds. The summed E-state index contributed by atoms with van der Waals surface area (Å²) >= 11 is 0. The van der Waals surface area contributed by atoms with E-state index in [1.807, 2.05) is 24.8 Å². The number of nitrogens with one attached hydrogen (secondary N) is 1. The largest absolute Gasteiger partial charge is 0.341 e. The summed E-state index contributed by atoms with van der Waals surface area (Å²) < 4.78 is 49.4. The maximum atomic E-state index is 12.9. The summed E-state index contributed by atoms with van der Waals surface area (Å²) in [5, 5.41) is 11.3. The van der Waals surface area contributed by atoms with E-state index in [1.54, 1.807) is 24.3 Å².